The second-order valence-corrected chi connectivity index (χ2v) is 9.40. The van der Waals surface area contributed by atoms with E-state index in [0.29, 0.717) is 44.4 Å². The minimum absolute atomic E-state index is 0.0441. The number of alkyl carbamates (subject to hydrolysis) is 1. The largest absolute Gasteiger partial charge is 0.500 e. The topological polar surface area (TPSA) is 83.1 Å². The van der Waals surface area contributed by atoms with Gasteiger partial charge < -0.3 is 23.3 Å². The molecule has 0 atom stereocenters. The van der Waals surface area contributed by atoms with Crippen LogP contribution >= 0.6 is 27.7 Å². The predicted molar refractivity (Wildman–Crippen MR) is 107 cm³/mol. The third-order valence-electron chi connectivity index (χ3n) is 3.28. The van der Waals surface area contributed by atoms with E-state index in [2.05, 4.69) is 21.2 Å². The van der Waals surface area contributed by atoms with E-state index in [1.54, 1.807) is 11.1 Å². The molecule has 26 heavy (non-hydrogen) atoms. The number of halogens is 1. The lowest BCUT2D eigenvalue weighted by atomic mass is 10.3. The summed E-state index contributed by atoms with van der Waals surface area (Å²) in [5.41, 5.74) is 0.464. The van der Waals surface area contributed by atoms with Gasteiger partial charge >= 0.3 is 14.9 Å². The van der Waals surface area contributed by atoms with E-state index in [9.17, 15) is 9.59 Å². The number of ether oxygens (including phenoxy) is 1. The molecule has 0 bridgehead atoms. The van der Waals surface area contributed by atoms with Crippen LogP contribution < -0.4 is 5.32 Å². The molecular weight excluding hydrogens is 442 g/mol. The summed E-state index contributed by atoms with van der Waals surface area (Å²) < 4.78 is 22.4. The number of rotatable bonds is 12. The van der Waals surface area contributed by atoms with Gasteiger partial charge in [0.05, 0.1) is 0 Å². The van der Waals surface area contributed by atoms with E-state index in [1.807, 2.05) is 20.8 Å². The van der Waals surface area contributed by atoms with Crippen LogP contribution in [0.4, 0.5) is 4.79 Å². The molecule has 0 spiro atoms. The van der Waals surface area contributed by atoms with Crippen LogP contribution in [0.25, 0.3) is 0 Å². The van der Waals surface area contributed by atoms with Crippen LogP contribution in [0.2, 0.25) is 6.04 Å². The van der Waals surface area contributed by atoms with Gasteiger partial charge in [-0.1, -0.05) is 15.9 Å². The summed E-state index contributed by atoms with van der Waals surface area (Å²) >= 11 is 4.27. The molecule has 7 nitrogen and oxygen atoms in total. The fourth-order valence-electron chi connectivity index (χ4n) is 2.28. The van der Waals surface area contributed by atoms with Crippen LogP contribution in [0.3, 0.4) is 0 Å². The zero-order chi connectivity index (χ0) is 19.4. The second kappa shape index (κ2) is 12.7. The zero-order valence-corrected chi connectivity index (χ0v) is 18.7. The number of amides is 1. The molecule has 1 N–H and O–H groups in total. The Balaban J connectivity index is 2.35. The van der Waals surface area contributed by atoms with E-state index in [-0.39, 0.29) is 11.7 Å². The molecule has 1 heterocycles. The van der Waals surface area contributed by atoms with Gasteiger partial charge in [-0.25, -0.2) is 4.79 Å². The Hall–Kier alpha value is -0.653. The van der Waals surface area contributed by atoms with Gasteiger partial charge in [-0.3, -0.25) is 4.79 Å². The lowest BCUT2D eigenvalue weighted by molar-refractivity contribution is -0.108. The van der Waals surface area contributed by atoms with Gasteiger partial charge in [-0.15, -0.1) is 0 Å². The Labute approximate surface area is 168 Å². The van der Waals surface area contributed by atoms with E-state index in [1.165, 1.54) is 0 Å². The molecule has 148 valence electrons. The van der Waals surface area contributed by atoms with Crippen molar-refractivity contribution < 1.29 is 27.6 Å². The summed E-state index contributed by atoms with van der Waals surface area (Å²) in [5, 5.41) is 2.56. The first kappa shape index (κ1) is 23.4. The van der Waals surface area contributed by atoms with E-state index < -0.39 is 14.9 Å². The molecule has 0 aromatic rings. The lowest BCUT2D eigenvalue weighted by Gasteiger charge is -2.28. The number of allylic oxidation sites excluding steroid dienone is 1. The van der Waals surface area contributed by atoms with Gasteiger partial charge in [-0.2, -0.15) is 0 Å². The Kier molecular flexibility index (Phi) is 11.4. The summed E-state index contributed by atoms with van der Waals surface area (Å²) in [7, 11) is -2.69. The zero-order valence-electron chi connectivity index (χ0n) is 15.3. The number of hydrogen-bond acceptors (Lipinski definition) is 7. The van der Waals surface area contributed by atoms with Crippen LogP contribution in [0.15, 0.2) is 21.5 Å². The van der Waals surface area contributed by atoms with Gasteiger partial charge in [0.2, 0.25) is 5.12 Å². The van der Waals surface area contributed by atoms with Crippen LogP contribution in [-0.4, -0.2) is 53.0 Å². The van der Waals surface area contributed by atoms with Gasteiger partial charge in [0, 0.05) is 42.9 Å². The summed E-state index contributed by atoms with van der Waals surface area (Å²) in [6, 6.07) is 0.614. The van der Waals surface area contributed by atoms with Crippen molar-refractivity contribution in [2.45, 2.75) is 33.2 Å². The van der Waals surface area contributed by atoms with Crippen molar-refractivity contribution in [3.05, 3.63) is 21.5 Å². The molecule has 1 rings (SSSR count). The van der Waals surface area contributed by atoms with Crippen molar-refractivity contribution in [2.24, 2.45) is 0 Å². The van der Waals surface area contributed by atoms with Crippen molar-refractivity contribution >= 4 is 47.7 Å². The van der Waals surface area contributed by atoms with E-state index >= 15 is 0 Å². The highest BCUT2D eigenvalue weighted by molar-refractivity contribution is 9.11. The van der Waals surface area contributed by atoms with E-state index in [4.69, 9.17) is 18.0 Å². The first-order valence-electron chi connectivity index (χ1n) is 8.55. The third-order valence-corrected chi connectivity index (χ3v) is 8.14. The summed E-state index contributed by atoms with van der Waals surface area (Å²) in [4.78, 5) is 25.9. The Morgan fingerprint density at radius 1 is 1.23 bits per heavy atom. The molecule has 0 aromatic heterocycles. The molecular formula is C16H26BrNO6SSi. The Bertz CT molecular complexity index is 526. The maximum absolute atomic E-state index is 11.8. The minimum atomic E-state index is -2.69. The van der Waals surface area contributed by atoms with Crippen LogP contribution in [0.5, 0.6) is 0 Å². The van der Waals surface area contributed by atoms with Gasteiger partial charge in [0.15, 0.2) is 0 Å². The fraction of sp³-hybridized carbons (Fsp3) is 0.625. The number of carbonyl (C=O) groups is 2. The molecule has 0 aromatic carbocycles. The van der Waals surface area contributed by atoms with Crippen molar-refractivity contribution in [3.8, 4) is 0 Å². The van der Waals surface area contributed by atoms with Gasteiger partial charge in [-0.05, 0) is 50.0 Å². The number of carbonyl (C=O) groups excluding carboxylic acids is 2. The third kappa shape index (κ3) is 7.93. The molecule has 0 radical (unpaired) electrons. The molecule has 1 aliphatic heterocycles. The SMILES string of the molecule is CCO[Si](CCCNC(=O)OCC1=CC(=CBr)SC1=O)(OCC)OCC. The predicted octanol–water partition coefficient (Wildman–Crippen LogP) is 3.59. The highest BCUT2D eigenvalue weighted by Gasteiger charge is 2.39. The van der Waals surface area contributed by atoms with Crippen LogP contribution in [-0.2, 0) is 22.8 Å². The number of hydrogen-bond donors (Lipinski definition) is 1. The summed E-state index contributed by atoms with van der Waals surface area (Å²) in [6.45, 7) is 7.65. The Morgan fingerprint density at radius 2 is 1.85 bits per heavy atom. The number of nitrogens with one attached hydrogen (secondary N) is 1. The van der Waals surface area contributed by atoms with Crippen molar-refractivity contribution in [3.63, 3.8) is 0 Å². The van der Waals surface area contributed by atoms with Crippen molar-refractivity contribution in [1.82, 2.24) is 5.32 Å². The average Bonchev–Trinajstić information content (AvgIpc) is 2.98. The van der Waals surface area contributed by atoms with Crippen molar-refractivity contribution in [2.75, 3.05) is 33.0 Å². The highest BCUT2D eigenvalue weighted by atomic mass is 79.9. The Morgan fingerprint density at radius 3 is 2.35 bits per heavy atom. The quantitative estimate of drug-likeness (QED) is 0.346. The highest BCUT2D eigenvalue weighted by Crippen LogP contribution is 2.31. The fourth-order valence-corrected chi connectivity index (χ4v) is 6.01. The monoisotopic (exact) mass is 467 g/mol. The smallest absolute Gasteiger partial charge is 0.445 e. The molecule has 0 saturated carbocycles. The maximum atomic E-state index is 11.8. The van der Waals surface area contributed by atoms with Crippen molar-refractivity contribution in [1.29, 1.82) is 0 Å². The molecule has 1 amide bonds. The molecule has 0 unspecified atom stereocenters. The van der Waals surface area contributed by atoms with Crippen LogP contribution in [0, 0.1) is 0 Å². The maximum Gasteiger partial charge on any atom is 0.500 e. The van der Waals surface area contributed by atoms with E-state index in [0.717, 1.165) is 16.7 Å². The summed E-state index contributed by atoms with van der Waals surface area (Å²) in [6.07, 6.45) is 1.78. The molecule has 10 heteroatoms. The lowest BCUT2D eigenvalue weighted by Crippen LogP contribution is -2.46. The molecule has 0 saturated heterocycles. The second-order valence-electron chi connectivity index (χ2n) is 5.16. The minimum Gasteiger partial charge on any atom is -0.445 e. The first-order chi connectivity index (χ1) is 12.5. The normalized spacial score (nSPS) is 16.1. The average molecular weight is 468 g/mol. The number of thioether (sulfide) groups is 1. The van der Waals surface area contributed by atoms with Crippen LogP contribution in [0.1, 0.15) is 27.2 Å². The molecule has 1 aliphatic rings. The van der Waals surface area contributed by atoms with Gasteiger partial charge in [0.25, 0.3) is 0 Å². The molecule has 0 aliphatic carbocycles. The standard InChI is InChI=1S/C16H26BrNO6SSi/c1-4-22-26(23-5-2,24-6-3)9-7-8-18-16(20)21-12-13-10-14(11-17)25-15(13)19/h10-11H,4-9,12H2,1-3H3,(H,18,20). The first-order valence-corrected chi connectivity index (χ1v) is 12.2. The van der Waals surface area contributed by atoms with Gasteiger partial charge in [0.1, 0.15) is 6.61 Å². The molecule has 0 fully saturated rings. The summed E-state index contributed by atoms with van der Waals surface area (Å²) in [5.74, 6) is 0.